The summed E-state index contributed by atoms with van der Waals surface area (Å²) in [5.41, 5.74) is 3.14. The minimum atomic E-state index is -0.619. The number of halogens is 1. The quantitative estimate of drug-likeness (QED) is 0.0974. The molecule has 9 heteroatoms. The van der Waals surface area contributed by atoms with Gasteiger partial charge in [-0.2, -0.15) is 0 Å². The lowest BCUT2D eigenvalue weighted by atomic mass is 10.1. The Kier molecular flexibility index (Phi) is 8.94. The molecule has 0 radical (unpaired) electrons. The maximum Gasteiger partial charge on any atom is 0.257 e. The third-order valence-corrected chi connectivity index (χ3v) is 8.84. The number of nitrogens with zero attached hydrogens (tertiary/aromatic N) is 3. The van der Waals surface area contributed by atoms with E-state index < -0.39 is 11.7 Å². The molecule has 1 saturated carbocycles. The lowest BCUT2D eigenvalue weighted by Gasteiger charge is -2.33. The van der Waals surface area contributed by atoms with E-state index in [2.05, 4.69) is 16.9 Å². The molecule has 8 nitrogen and oxygen atoms in total. The van der Waals surface area contributed by atoms with Gasteiger partial charge >= 0.3 is 0 Å². The summed E-state index contributed by atoms with van der Waals surface area (Å²) in [5, 5.41) is 7.27. The van der Waals surface area contributed by atoms with Crippen LogP contribution in [-0.4, -0.2) is 48.3 Å². The van der Waals surface area contributed by atoms with Crippen molar-refractivity contribution in [2.24, 2.45) is 0 Å². The van der Waals surface area contributed by atoms with Gasteiger partial charge in [-0.15, -0.1) is 0 Å². The fourth-order valence-electron chi connectivity index (χ4n) is 5.79. The van der Waals surface area contributed by atoms with E-state index >= 15 is 4.39 Å². The van der Waals surface area contributed by atoms with Gasteiger partial charge < -0.3 is 19.5 Å². The molecule has 46 heavy (non-hydrogen) atoms. The molecule has 6 rings (SSSR count). The first-order chi connectivity index (χ1) is 22.2. The van der Waals surface area contributed by atoms with Gasteiger partial charge in [0.05, 0.1) is 35.1 Å². The molecule has 1 aliphatic heterocycles. The Hall–Kier alpha value is -4.89. The summed E-state index contributed by atoms with van der Waals surface area (Å²) >= 11 is 0. The van der Waals surface area contributed by atoms with Crippen LogP contribution in [0.4, 0.5) is 15.8 Å². The number of carbonyl (C=O) groups excluding carboxylic acids is 1. The number of hydrazine groups is 1. The SMILES string of the molecule is C=C/C(C(=O)Nc1ccc(Oc2ccnc3cc(OCCC4CCC5(CC5)O4)ccc23)c(F)c1)=C(/C)N(C)N(C)c1ccccc1. The molecule has 1 saturated heterocycles. The summed E-state index contributed by atoms with van der Waals surface area (Å²) in [6, 6.07) is 21.4. The number of ether oxygens (including phenoxy) is 3. The Morgan fingerprint density at radius 3 is 2.61 bits per heavy atom. The lowest BCUT2D eigenvalue weighted by Crippen LogP contribution is -2.36. The summed E-state index contributed by atoms with van der Waals surface area (Å²) in [6.07, 6.45) is 8.89. The monoisotopic (exact) mass is 622 g/mol. The lowest BCUT2D eigenvalue weighted by molar-refractivity contribution is -0.112. The number of allylic oxidation sites excluding steroid dienone is 1. The number of fused-ring (bicyclic) bond motifs is 1. The zero-order valence-corrected chi connectivity index (χ0v) is 26.5. The number of anilines is 2. The van der Waals surface area contributed by atoms with Crippen molar-refractivity contribution in [3.63, 3.8) is 0 Å². The number of amides is 1. The molecule has 1 spiro atoms. The van der Waals surface area contributed by atoms with E-state index in [0.29, 0.717) is 34.9 Å². The summed E-state index contributed by atoms with van der Waals surface area (Å²) in [7, 11) is 3.76. The third kappa shape index (κ3) is 6.84. The largest absolute Gasteiger partial charge is 0.493 e. The van der Waals surface area contributed by atoms with Crippen molar-refractivity contribution in [1.29, 1.82) is 0 Å². The Morgan fingerprint density at radius 2 is 1.89 bits per heavy atom. The van der Waals surface area contributed by atoms with Crippen molar-refractivity contribution in [3.05, 3.63) is 109 Å². The van der Waals surface area contributed by atoms with Gasteiger partial charge in [-0.3, -0.25) is 19.8 Å². The highest BCUT2D eigenvalue weighted by molar-refractivity contribution is 6.06. The van der Waals surface area contributed by atoms with Crippen LogP contribution in [0.5, 0.6) is 17.2 Å². The number of hydrogen-bond acceptors (Lipinski definition) is 7. The predicted molar refractivity (Wildman–Crippen MR) is 179 cm³/mol. The van der Waals surface area contributed by atoms with E-state index in [-0.39, 0.29) is 23.1 Å². The number of pyridine rings is 1. The van der Waals surface area contributed by atoms with E-state index in [4.69, 9.17) is 14.2 Å². The number of hydrogen-bond donors (Lipinski definition) is 1. The van der Waals surface area contributed by atoms with Gasteiger partial charge in [0.1, 0.15) is 11.5 Å². The smallest absolute Gasteiger partial charge is 0.257 e. The highest BCUT2D eigenvalue weighted by atomic mass is 19.1. The van der Waals surface area contributed by atoms with Crippen LogP contribution in [-0.2, 0) is 9.53 Å². The highest BCUT2D eigenvalue weighted by Crippen LogP contribution is 2.50. The maximum atomic E-state index is 15.3. The fraction of sp³-hybridized carbons (Fsp3) is 0.297. The van der Waals surface area contributed by atoms with Crippen molar-refractivity contribution < 1.29 is 23.4 Å². The van der Waals surface area contributed by atoms with Crippen LogP contribution in [0.25, 0.3) is 10.9 Å². The van der Waals surface area contributed by atoms with Gasteiger partial charge in [-0.25, -0.2) is 4.39 Å². The molecule has 1 aromatic heterocycles. The molecular weight excluding hydrogens is 583 g/mol. The number of nitrogens with one attached hydrogen (secondary N) is 1. The Balaban J connectivity index is 1.09. The molecular formula is C37H39FN4O4. The molecule has 1 atom stereocenters. The highest BCUT2D eigenvalue weighted by Gasteiger charge is 2.49. The first kappa shape index (κ1) is 31.1. The van der Waals surface area contributed by atoms with Crippen LogP contribution in [0.15, 0.2) is 103 Å². The predicted octanol–water partition coefficient (Wildman–Crippen LogP) is 8.03. The average Bonchev–Trinajstić information content (AvgIpc) is 3.71. The van der Waals surface area contributed by atoms with Crippen molar-refractivity contribution in [2.45, 2.75) is 50.7 Å². The summed E-state index contributed by atoms with van der Waals surface area (Å²) in [5.74, 6) is 0.167. The first-order valence-electron chi connectivity index (χ1n) is 15.6. The molecule has 1 unspecified atom stereocenters. The second kappa shape index (κ2) is 13.2. The van der Waals surface area contributed by atoms with Crippen molar-refractivity contribution in [1.82, 2.24) is 9.99 Å². The minimum Gasteiger partial charge on any atom is -0.493 e. The second-order valence-corrected chi connectivity index (χ2v) is 11.9. The first-order valence-corrected chi connectivity index (χ1v) is 15.6. The van der Waals surface area contributed by atoms with E-state index in [0.717, 1.165) is 30.3 Å². The summed E-state index contributed by atoms with van der Waals surface area (Å²) < 4.78 is 33.4. The molecule has 1 aliphatic carbocycles. The van der Waals surface area contributed by atoms with Crippen LogP contribution in [0.2, 0.25) is 0 Å². The van der Waals surface area contributed by atoms with Gasteiger partial charge in [-0.1, -0.05) is 30.9 Å². The van der Waals surface area contributed by atoms with Crippen molar-refractivity contribution in [3.8, 4) is 17.2 Å². The van der Waals surface area contributed by atoms with Crippen molar-refractivity contribution in [2.75, 3.05) is 31.0 Å². The zero-order chi connectivity index (χ0) is 32.3. The van der Waals surface area contributed by atoms with E-state index in [9.17, 15) is 4.79 Å². The third-order valence-electron chi connectivity index (χ3n) is 8.84. The average molecular weight is 623 g/mol. The van der Waals surface area contributed by atoms with Crippen LogP contribution < -0.4 is 19.8 Å². The van der Waals surface area contributed by atoms with Gasteiger partial charge in [0.25, 0.3) is 5.91 Å². The normalized spacial score (nSPS) is 16.9. The topological polar surface area (TPSA) is 76.2 Å². The van der Waals surface area contributed by atoms with Gasteiger partial charge in [0, 0.05) is 55.6 Å². The van der Waals surface area contributed by atoms with Crippen LogP contribution in [0.1, 0.15) is 39.0 Å². The zero-order valence-electron chi connectivity index (χ0n) is 26.5. The molecule has 4 aromatic rings. The summed E-state index contributed by atoms with van der Waals surface area (Å²) in [6.45, 7) is 6.23. The van der Waals surface area contributed by atoms with Crippen LogP contribution >= 0.6 is 0 Å². The molecule has 0 bridgehead atoms. The minimum absolute atomic E-state index is 0.0238. The van der Waals surface area contributed by atoms with Gasteiger partial charge in [0.2, 0.25) is 0 Å². The molecule has 2 fully saturated rings. The maximum absolute atomic E-state index is 15.3. The number of para-hydroxylation sites is 1. The standard InChI is InChI=1S/C37H39FN4O4/c1-5-30(25(2)41(3)42(4)27-9-7-6-8-10-27)36(43)40-26-11-14-35(32(38)23-26)45-34-16-21-39-33-24-29(12-13-31(33)34)44-22-17-28-15-18-37(46-28)19-20-37/h5-14,16,21,23-24,28H,1,15,17-20,22H2,2-4H3,(H,40,43)/b30-25+. The number of carbonyl (C=O) groups is 1. The second-order valence-electron chi connectivity index (χ2n) is 11.9. The van der Waals surface area contributed by atoms with E-state index in [1.807, 2.05) is 79.6 Å². The Morgan fingerprint density at radius 1 is 1.09 bits per heavy atom. The van der Waals surface area contributed by atoms with E-state index in [1.54, 1.807) is 18.3 Å². The number of aromatic nitrogens is 1. The molecule has 238 valence electrons. The van der Waals surface area contributed by atoms with Crippen LogP contribution in [0, 0.1) is 5.82 Å². The molecule has 1 amide bonds. The summed E-state index contributed by atoms with van der Waals surface area (Å²) in [4.78, 5) is 17.7. The van der Waals surface area contributed by atoms with Crippen LogP contribution in [0.3, 0.4) is 0 Å². The fourth-order valence-corrected chi connectivity index (χ4v) is 5.79. The van der Waals surface area contributed by atoms with E-state index in [1.165, 1.54) is 31.1 Å². The van der Waals surface area contributed by atoms with Crippen molar-refractivity contribution >= 4 is 28.2 Å². The molecule has 2 heterocycles. The van der Waals surface area contributed by atoms with Gasteiger partial charge in [0.15, 0.2) is 11.6 Å². The molecule has 1 N–H and O–H groups in total. The Labute approximate surface area is 269 Å². The molecule has 2 aliphatic rings. The number of benzene rings is 3. The van der Waals surface area contributed by atoms with Gasteiger partial charge in [-0.05, 0) is 75.1 Å². The Bertz CT molecular complexity index is 1770. The number of rotatable bonds is 12. The molecule has 3 aromatic carbocycles.